The van der Waals surface area contributed by atoms with Crippen LogP contribution in [0.2, 0.25) is 0 Å². The highest BCUT2D eigenvalue weighted by Crippen LogP contribution is 2.44. The van der Waals surface area contributed by atoms with Crippen molar-refractivity contribution >= 4 is 11.9 Å². The van der Waals surface area contributed by atoms with Crippen molar-refractivity contribution in [3.05, 3.63) is 81.4 Å². The molecule has 39 heavy (non-hydrogen) atoms. The molecule has 3 aromatic carbocycles. The van der Waals surface area contributed by atoms with Crippen LogP contribution in [0.15, 0.2) is 42.5 Å². The SMILES string of the molecule is COc1cccc(C(=O)N2Cc3c(C)c(-c4ccc(C)cc4)c([C@H](OC(C)(C)C)C(=O)O)c(C)c3C2)c1OC. The van der Waals surface area contributed by atoms with Crippen molar-refractivity contribution in [2.45, 2.75) is 66.3 Å². The lowest BCUT2D eigenvalue weighted by Gasteiger charge is -2.29. The number of amides is 1. The number of rotatable bonds is 7. The Labute approximate surface area is 230 Å². The van der Waals surface area contributed by atoms with Gasteiger partial charge in [-0.15, -0.1) is 0 Å². The predicted octanol–water partition coefficient (Wildman–Crippen LogP) is 6.39. The highest BCUT2D eigenvalue weighted by molar-refractivity contribution is 5.98. The second-order valence-corrected chi connectivity index (χ2v) is 11.0. The number of aryl methyl sites for hydroxylation is 1. The number of carbonyl (C=O) groups excluding carboxylic acids is 1. The number of hydrogen-bond acceptors (Lipinski definition) is 5. The number of ether oxygens (including phenoxy) is 3. The average molecular weight is 532 g/mol. The van der Waals surface area contributed by atoms with E-state index in [4.69, 9.17) is 14.2 Å². The maximum absolute atomic E-state index is 13.8. The Kier molecular flexibility index (Phi) is 7.75. The molecule has 7 heteroatoms. The molecular weight excluding hydrogens is 494 g/mol. The van der Waals surface area contributed by atoms with Crippen molar-refractivity contribution in [1.82, 2.24) is 4.90 Å². The summed E-state index contributed by atoms with van der Waals surface area (Å²) in [5.41, 5.74) is 7.00. The van der Waals surface area contributed by atoms with E-state index in [0.717, 1.165) is 38.9 Å². The average Bonchev–Trinajstić information content (AvgIpc) is 3.35. The minimum atomic E-state index is -1.17. The summed E-state index contributed by atoms with van der Waals surface area (Å²) in [6.07, 6.45) is -1.17. The molecule has 0 spiro atoms. The van der Waals surface area contributed by atoms with Crippen LogP contribution in [0.1, 0.15) is 70.6 Å². The van der Waals surface area contributed by atoms with Crippen molar-refractivity contribution in [3.8, 4) is 22.6 Å². The van der Waals surface area contributed by atoms with Crippen LogP contribution in [-0.2, 0) is 22.6 Å². The molecule has 1 heterocycles. The maximum atomic E-state index is 13.8. The summed E-state index contributed by atoms with van der Waals surface area (Å²) in [5, 5.41) is 10.3. The molecule has 1 aliphatic rings. The number of carbonyl (C=O) groups is 2. The van der Waals surface area contributed by atoms with Gasteiger partial charge in [-0.25, -0.2) is 4.79 Å². The first-order chi connectivity index (χ1) is 18.4. The normalized spacial score (nSPS) is 13.7. The zero-order valence-corrected chi connectivity index (χ0v) is 24.0. The van der Waals surface area contributed by atoms with Crippen molar-refractivity contribution in [1.29, 1.82) is 0 Å². The standard InChI is InChI=1S/C32H37NO6/c1-18-12-14-21(15-13-18)26-19(2)23-16-33(30(34)22-10-9-11-25(37-7)28(22)38-8)17-24(23)20(3)27(26)29(31(35)36)39-32(4,5)6/h9-15,29H,16-17H2,1-8H3,(H,35,36)/t29-/m0/s1. The molecule has 1 aliphatic heterocycles. The van der Waals surface area contributed by atoms with Gasteiger partial charge in [0.1, 0.15) is 0 Å². The van der Waals surface area contributed by atoms with Crippen LogP contribution in [0.4, 0.5) is 0 Å². The Morgan fingerprint density at radius 2 is 1.51 bits per heavy atom. The molecular formula is C32H37NO6. The van der Waals surface area contributed by atoms with Gasteiger partial charge < -0.3 is 24.2 Å². The molecule has 0 aromatic heterocycles. The van der Waals surface area contributed by atoms with Crippen LogP contribution in [0.25, 0.3) is 11.1 Å². The summed E-state index contributed by atoms with van der Waals surface area (Å²) in [4.78, 5) is 28.2. The van der Waals surface area contributed by atoms with Gasteiger partial charge in [0, 0.05) is 18.7 Å². The molecule has 0 saturated carbocycles. The summed E-state index contributed by atoms with van der Waals surface area (Å²) in [6.45, 7) is 12.3. The predicted molar refractivity (Wildman–Crippen MR) is 150 cm³/mol. The summed E-state index contributed by atoms with van der Waals surface area (Å²) < 4.78 is 17.1. The number of hydrogen-bond donors (Lipinski definition) is 1. The van der Waals surface area contributed by atoms with Crippen LogP contribution in [-0.4, -0.2) is 41.7 Å². The van der Waals surface area contributed by atoms with E-state index in [9.17, 15) is 14.7 Å². The molecule has 1 N–H and O–H groups in total. The minimum Gasteiger partial charge on any atom is -0.493 e. The maximum Gasteiger partial charge on any atom is 0.337 e. The third kappa shape index (κ3) is 5.36. The molecule has 3 aromatic rings. The van der Waals surface area contributed by atoms with E-state index >= 15 is 0 Å². The first-order valence-corrected chi connectivity index (χ1v) is 13.0. The van der Waals surface area contributed by atoms with Gasteiger partial charge >= 0.3 is 5.97 Å². The van der Waals surface area contributed by atoms with Gasteiger partial charge in [-0.1, -0.05) is 35.9 Å². The number of fused-ring (bicyclic) bond motifs is 1. The summed E-state index contributed by atoms with van der Waals surface area (Å²) in [6, 6.07) is 13.3. The van der Waals surface area contributed by atoms with Crippen LogP contribution in [0.3, 0.4) is 0 Å². The van der Waals surface area contributed by atoms with Crippen LogP contribution in [0.5, 0.6) is 11.5 Å². The summed E-state index contributed by atoms with van der Waals surface area (Å²) in [5.74, 6) is -0.354. The smallest absolute Gasteiger partial charge is 0.337 e. The molecule has 0 aliphatic carbocycles. The fourth-order valence-electron chi connectivity index (χ4n) is 5.40. The Morgan fingerprint density at radius 3 is 2.05 bits per heavy atom. The molecule has 4 rings (SSSR count). The molecule has 0 unspecified atom stereocenters. The second kappa shape index (κ2) is 10.7. The zero-order chi connectivity index (χ0) is 28.6. The summed E-state index contributed by atoms with van der Waals surface area (Å²) >= 11 is 0. The Morgan fingerprint density at radius 1 is 0.897 bits per heavy atom. The molecule has 1 amide bonds. The highest BCUT2D eigenvalue weighted by atomic mass is 16.5. The van der Waals surface area contributed by atoms with E-state index in [0.29, 0.717) is 35.7 Å². The van der Waals surface area contributed by atoms with Crippen molar-refractivity contribution < 1.29 is 28.9 Å². The second-order valence-electron chi connectivity index (χ2n) is 11.0. The van der Waals surface area contributed by atoms with Gasteiger partial charge in [-0.3, -0.25) is 4.79 Å². The fourth-order valence-corrected chi connectivity index (χ4v) is 5.40. The minimum absolute atomic E-state index is 0.181. The Hall–Kier alpha value is -3.84. The monoisotopic (exact) mass is 531 g/mol. The van der Waals surface area contributed by atoms with E-state index < -0.39 is 17.7 Å². The fraction of sp³-hybridized carbons (Fsp3) is 0.375. The number of benzene rings is 3. The van der Waals surface area contributed by atoms with Crippen molar-refractivity contribution in [3.63, 3.8) is 0 Å². The van der Waals surface area contributed by atoms with E-state index in [1.54, 1.807) is 23.1 Å². The molecule has 0 saturated heterocycles. The third-order valence-corrected chi connectivity index (χ3v) is 7.23. The molecule has 0 bridgehead atoms. The van der Waals surface area contributed by atoms with Crippen molar-refractivity contribution in [2.75, 3.05) is 14.2 Å². The lowest BCUT2D eigenvalue weighted by molar-refractivity contribution is -0.160. The highest BCUT2D eigenvalue weighted by Gasteiger charge is 2.37. The first-order valence-electron chi connectivity index (χ1n) is 13.0. The van der Waals surface area contributed by atoms with Crippen LogP contribution in [0, 0.1) is 20.8 Å². The topological polar surface area (TPSA) is 85.3 Å². The van der Waals surface area contributed by atoms with E-state index in [2.05, 4.69) is 0 Å². The molecule has 206 valence electrons. The third-order valence-electron chi connectivity index (χ3n) is 7.23. The molecule has 0 fully saturated rings. The van der Waals surface area contributed by atoms with Gasteiger partial charge in [0.15, 0.2) is 17.6 Å². The number of para-hydroxylation sites is 1. The number of methoxy groups -OCH3 is 2. The van der Waals surface area contributed by atoms with Gasteiger partial charge in [-0.2, -0.15) is 0 Å². The van der Waals surface area contributed by atoms with E-state index in [-0.39, 0.29) is 5.91 Å². The molecule has 7 nitrogen and oxygen atoms in total. The Bertz CT molecular complexity index is 1420. The lowest BCUT2D eigenvalue weighted by atomic mass is 9.83. The largest absolute Gasteiger partial charge is 0.493 e. The summed E-state index contributed by atoms with van der Waals surface area (Å²) in [7, 11) is 3.06. The zero-order valence-electron chi connectivity index (χ0n) is 24.0. The van der Waals surface area contributed by atoms with Gasteiger partial charge in [-0.05, 0) is 87.1 Å². The number of nitrogens with zero attached hydrogens (tertiary/aromatic N) is 1. The van der Waals surface area contributed by atoms with Gasteiger partial charge in [0.25, 0.3) is 5.91 Å². The first kappa shape index (κ1) is 28.2. The van der Waals surface area contributed by atoms with Gasteiger partial charge in [0.2, 0.25) is 0 Å². The number of aliphatic carboxylic acids is 1. The van der Waals surface area contributed by atoms with Gasteiger partial charge in [0.05, 0.1) is 25.4 Å². The van der Waals surface area contributed by atoms with E-state index in [1.807, 2.05) is 65.8 Å². The van der Waals surface area contributed by atoms with Crippen molar-refractivity contribution in [2.24, 2.45) is 0 Å². The van der Waals surface area contributed by atoms with Crippen LogP contribution < -0.4 is 9.47 Å². The molecule has 0 radical (unpaired) electrons. The quantitative estimate of drug-likeness (QED) is 0.380. The number of carboxylic acids is 1. The molecule has 1 atom stereocenters. The Balaban J connectivity index is 1.89. The lowest BCUT2D eigenvalue weighted by Crippen LogP contribution is -2.28. The van der Waals surface area contributed by atoms with Crippen LogP contribution >= 0.6 is 0 Å². The van der Waals surface area contributed by atoms with E-state index in [1.165, 1.54) is 14.2 Å². The number of carboxylic acid groups (broad SMARTS) is 1.